The highest BCUT2D eigenvalue weighted by atomic mass is 19.1. The number of nitrogens with zero attached hydrogens (tertiary/aromatic N) is 2. The molecule has 0 aromatic heterocycles. The molecule has 2 aliphatic rings. The summed E-state index contributed by atoms with van der Waals surface area (Å²) in [5, 5.41) is 11.6. The van der Waals surface area contributed by atoms with E-state index in [1.165, 1.54) is 24.3 Å². The van der Waals surface area contributed by atoms with Crippen molar-refractivity contribution in [3.63, 3.8) is 0 Å². The summed E-state index contributed by atoms with van der Waals surface area (Å²) in [6.07, 6.45) is 0. The predicted molar refractivity (Wildman–Crippen MR) is 129 cm³/mol. The number of hydrogen-bond acceptors (Lipinski definition) is 3. The molecule has 4 rings (SSSR count). The first kappa shape index (κ1) is 25.7. The summed E-state index contributed by atoms with van der Waals surface area (Å²) in [5.74, 6) is -3.17. The summed E-state index contributed by atoms with van der Waals surface area (Å²) in [6.45, 7) is 11.6. The summed E-state index contributed by atoms with van der Waals surface area (Å²) in [6, 6.07) is 9.46. The van der Waals surface area contributed by atoms with Crippen LogP contribution in [0, 0.1) is 35.2 Å². The number of amides is 1. The van der Waals surface area contributed by atoms with Gasteiger partial charge in [0.15, 0.2) is 0 Å². The smallest absolute Gasteiger partial charge is 0.227 e. The van der Waals surface area contributed by atoms with Gasteiger partial charge in [0.2, 0.25) is 5.91 Å². The first-order chi connectivity index (χ1) is 16.3. The quantitative estimate of drug-likeness (QED) is 0.667. The fourth-order valence-corrected chi connectivity index (χ4v) is 5.92. The lowest BCUT2D eigenvalue weighted by Gasteiger charge is -2.48. The Morgan fingerprint density at radius 1 is 0.914 bits per heavy atom. The van der Waals surface area contributed by atoms with Crippen molar-refractivity contribution in [2.75, 3.05) is 26.2 Å². The molecule has 0 saturated carbocycles. The molecule has 1 amide bonds. The SMILES string of the molecule is C[C@@H]1CN(C(=O)[C@@H]2CN(C(C)(C)C)C[C@H]2c2ccc(F)cc2F)C[C@H](C)[C@]1(O)c1ccc(F)cc1. The van der Waals surface area contributed by atoms with Crippen molar-refractivity contribution in [3.8, 4) is 0 Å². The van der Waals surface area contributed by atoms with Crippen LogP contribution in [0.4, 0.5) is 13.2 Å². The molecule has 2 aliphatic heterocycles. The fraction of sp³-hybridized carbons (Fsp3) is 0.536. The van der Waals surface area contributed by atoms with Crippen LogP contribution >= 0.6 is 0 Å². The van der Waals surface area contributed by atoms with Gasteiger partial charge in [-0.2, -0.15) is 0 Å². The number of hydrogen-bond donors (Lipinski definition) is 1. The predicted octanol–water partition coefficient (Wildman–Crippen LogP) is 4.92. The Bertz CT molecular complexity index is 1070. The molecular weight excluding hydrogens is 453 g/mol. The Labute approximate surface area is 205 Å². The van der Waals surface area contributed by atoms with Crippen molar-refractivity contribution in [2.24, 2.45) is 17.8 Å². The largest absolute Gasteiger partial charge is 0.384 e. The number of halogens is 3. The van der Waals surface area contributed by atoms with Gasteiger partial charge in [0, 0.05) is 55.5 Å². The average molecular weight is 489 g/mol. The van der Waals surface area contributed by atoms with Crippen molar-refractivity contribution < 1.29 is 23.1 Å². The van der Waals surface area contributed by atoms with Crippen LogP contribution in [0.3, 0.4) is 0 Å². The molecule has 35 heavy (non-hydrogen) atoms. The number of carbonyl (C=O) groups excluding carboxylic acids is 1. The Balaban J connectivity index is 1.61. The van der Waals surface area contributed by atoms with E-state index in [9.17, 15) is 23.1 Å². The standard InChI is InChI=1S/C28H35F3N2O2/c1-17-13-32(14-18(2)28(17,35)19-6-8-20(29)9-7-19)26(34)24-16-33(27(3,4)5)15-23(24)22-11-10-21(30)12-25(22)31/h6-12,17-18,23-24,35H,13-16H2,1-5H3/t17-,18+,23-,24+,28+/m0/s1. The zero-order chi connectivity index (χ0) is 25.7. The number of rotatable bonds is 3. The lowest BCUT2D eigenvalue weighted by Crippen LogP contribution is -2.57. The van der Waals surface area contributed by atoms with E-state index in [1.807, 2.05) is 13.8 Å². The number of piperidine rings is 1. The number of carbonyl (C=O) groups is 1. The molecular formula is C28H35F3N2O2. The van der Waals surface area contributed by atoms with Crippen LogP contribution in [0.5, 0.6) is 0 Å². The van der Waals surface area contributed by atoms with Crippen molar-refractivity contribution in [3.05, 3.63) is 71.0 Å². The zero-order valence-corrected chi connectivity index (χ0v) is 21.1. The van der Waals surface area contributed by atoms with Gasteiger partial charge in [-0.1, -0.05) is 32.0 Å². The molecule has 7 heteroatoms. The van der Waals surface area contributed by atoms with Gasteiger partial charge in [-0.05, 0) is 50.1 Å². The molecule has 2 fully saturated rings. The molecule has 0 spiro atoms. The maximum absolute atomic E-state index is 14.8. The van der Waals surface area contributed by atoms with Crippen LogP contribution in [0.2, 0.25) is 0 Å². The highest BCUT2D eigenvalue weighted by Crippen LogP contribution is 2.44. The van der Waals surface area contributed by atoms with Crippen LogP contribution in [-0.4, -0.2) is 52.5 Å². The summed E-state index contributed by atoms with van der Waals surface area (Å²) in [5.41, 5.74) is -0.413. The molecule has 1 N–H and O–H groups in total. The lowest BCUT2D eigenvalue weighted by molar-refractivity contribution is -0.152. The van der Waals surface area contributed by atoms with Gasteiger partial charge in [0.25, 0.3) is 0 Å². The molecule has 2 heterocycles. The van der Waals surface area contributed by atoms with E-state index >= 15 is 0 Å². The van der Waals surface area contributed by atoms with Crippen LogP contribution in [0.1, 0.15) is 51.7 Å². The van der Waals surface area contributed by atoms with Crippen molar-refractivity contribution in [1.29, 1.82) is 0 Å². The summed E-state index contributed by atoms with van der Waals surface area (Å²) in [7, 11) is 0. The van der Waals surface area contributed by atoms with Gasteiger partial charge >= 0.3 is 0 Å². The van der Waals surface area contributed by atoms with E-state index in [0.717, 1.165) is 6.07 Å². The minimum Gasteiger partial charge on any atom is -0.384 e. The highest BCUT2D eigenvalue weighted by molar-refractivity contribution is 5.81. The summed E-state index contributed by atoms with van der Waals surface area (Å²) < 4.78 is 41.9. The van der Waals surface area contributed by atoms with Gasteiger partial charge in [0.05, 0.1) is 11.5 Å². The van der Waals surface area contributed by atoms with E-state index in [-0.39, 0.29) is 29.1 Å². The maximum Gasteiger partial charge on any atom is 0.227 e. The van der Waals surface area contributed by atoms with Gasteiger partial charge in [-0.25, -0.2) is 13.2 Å². The number of likely N-dealkylation sites (tertiary alicyclic amines) is 2. The number of benzene rings is 2. The van der Waals surface area contributed by atoms with Gasteiger partial charge in [-0.15, -0.1) is 0 Å². The minimum atomic E-state index is -1.19. The van der Waals surface area contributed by atoms with E-state index in [4.69, 9.17) is 0 Å². The Hall–Kier alpha value is -2.38. The Morgan fingerprint density at radius 2 is 1.49 bits per heavy atom. The second-order valence-electron chi connectivity index (χ2n) is 11.3. The molecule has 0 aliphatic carbocycles. The zero-order valence-electron chi connectivity index (χ0n) is 21.1. The molecule has 2 aromatic rings. The fourth-order valence-electron chi connectivity index (χ4n) is 5.92. The van der Waals surface area contributed by atoms with Crippen molar-refractivity contribution in [2.45, 2.75) is 51.7 Å². The first-order valence-electron chi connectivity index (χ1n) is 12.3. The normalized spacial score (nSPS) is 30.0. The third-order valence-electron chi connectivity index (χ3n) is 8.06. The van der Waals surface area contributed by atoms with E-state index in [2.05, 4.69) is 25.7 Å². The highest BCUT2D eigenvalue weighted by Gasteiger charge is 2.50. The van der Waals surface area contributed by atoms with E-state index < -0.39 is 29.1 Å². The Kier molecular flexibility index (Phi) is 6.79. The van der Waals surface area contributed by atoms with Crippen molar-refractivity contribution >= 4 is 5.91 Å². The van der Waals surface area contributed by atoms with Crippen LogP contribution in [0.25, 0.3) is 0 Å². The maximum atomic E-state index is 14.8. The summed E-state index contributed by atoms with van der Waals surface area (Å²) >= 11 is 0. The third-order valence-corrected chi connectivity index (χ3v) is 8.06. The van der Waals surface area contributed by atoms with E-state index in [1.54, 1.807) is 17.0 Å². The van der Waals surface area contributed by atoms with Crippen molar-refractivity contribution in [1.82, 2.24) is 9.80 Å². The molecule has 0 unspecified atom stereocenters. The van der Waals surface area contributed by atoms with Gasteiger partial charge in [-0.3, -0.25) is 9.69 Å². The Morgan fingerprint density at radius 3 is 2.03 bits per heavy atom. The molecule has 5 atom stereocenters. The average Bonchev–Trinajstić information content (AvgIpc) is 3.23. The molecule has 0 bridgehead atoms. The summed E-state index contributed by atoms with van der Waals surface area (Å²) in [4.78, 5) is 17.8. The van der Waals surface area contributed by atoms with E-state index in [0.29, 0.717) is 37.3 Å². The molecule has 0 radical (unpaired) electrons. The van der Waals surface area contributed by atoms with Crippen LogP contribution in [-0.2, 0) is 10.4 Å². The van der Waals surface area contributed by atoms with Gasteiger partial charge < -0.3 is 10.0 Å². The minimum absolute atomic E-state index is 0.0784. The number of aliphatic hydroxyl groups is 1. The van der Waals surface area contributed by atoms with Crippen LogP contribution < -0.4 is 0 Å². The second-order valence-corrected chi connectivity index (χ2v) is 11.3. The topological polar surface area (TPSA) is 43.8 Å². The molecule has 2 saturated heterocycles. The first-order valence-corrected chi connectivity index (χ1v) is 12.3. The molecule has 190 valence electrons. The lowest BCUT2D eigenvalue weighted by atomic mass is 9.70. The molecule has 2 aromatic carbocycles. The third kappa shape index (κ3) is 4.73. The van der Waals surface area contributed by atoms with Crippen LogP contribution in [0.15, 0.2) is 42.5 Å². The van der Waals surface area contributed by atoms with Gasteiger partial charge in [0.1, 0.15) is 17.5 Å². The second kappa shape index (κ2) is 9.25. The molecule has 4 nitrogen and oxygen atoms in total. The monoisotopic (exact) mass is 488 g/mol.